The van der Waals surface area contributed by atoms with Gasteiger partial charge in [-0.25, -0.2) is 9.97 Å². The number of hydrogen-bond donors (Lipinski definition) is 1. The summed E-state index contributed by atoms with van der Waals surface area (Å²) in [6.45, 7) is 3.87. The summed E-state index contributed by atoms with van der Waals surface area (Å²) in [6, 6.07) is 2.65. The van der Waals surface area contributed by atoms with E-state index in [2.05, 4.69) is 9.97 Å². The Morgan fingerprint density at radius 2 is 2.10 bits per heavy atom. The molecule has 1 aliphatic rings. The third-order valence-electron chi connectivity index (χ3n) is 5.09. The molecule has 10 heteroatoms. The Morgan fingerprint density at radius 1 is 1.35 bits per heavy atom. The highest BCUT2D eigenvalue weighted by molar-refractivity contribution is 5.96. The van der Waals surface area contributed by atoms with Crippen molar-refractivity contribution in [3.05, 3.63) is 41.2 Å². The van der Waals surface area contributed by atoms with Crippen LogP contribution in [0.15, 0.2) is 22.7 Å². The number of aromatic nitrogens is 2. The van der Waals surface area contributed by atoms with Crippen LogP contribution in [0.4, 0.5) is 13.2 Å². The Hall–Kier alpha value is -2.62. The van der Waals surface area contributed by atoms with Gasteiger partial charge in [0.2, 0.25) is 5.88 Å². The number of ether oxygens (including phenoxy) is 1. The van der Waals surface area contributed by atoms with Gasteiger partial charge in [-0.1, -0.05) is 0 Å². The van der Waals surface area contributed by atoms with Crippen molar-refractivity contribution in [2.24, 2.45) is 0 Å². The zero-order valence-electron chi connectivity index (χ0n) is 17.7. The molecule has 2 aromatic rings. The van der Waals surface area contributed by atoms with E-state index in [-0.39, 0.29) is 17.5 Å². The molecule has 0 bridgehead atoms. The number of oxazole rings is 1. The molecule has 0 aromatic carbocycles. The van der Waals surface area contributed by atoms with E-state index in [0.29, 0.717) is 36.7 Å². The van der Waals surface area contributed by atoms with Crippen molar-refractivity contribution in [3.63, 3.8) is 0 Å². The highest BCUT2D eigenvalue weighted by Gasteiger charge is 2.34. The average Bonchev–Trinajstić information content (AvgIpc) is 3.06. The molecular weight excluding hydrogens is 415 g/mol. The fourth-order valence-corrected chi connectivity index (χ4v) is 3.76. The van der Waals surface area contributed by atoms with Crippen LogP contribution in [0.3, 0.4) is 0 Å². The molecule has 1 saturated heterocycles. The van der Waals surface area contributed by atoms with Gasteiger partial charge in [-0.2, -0.15) is 13.2 Å². The van der Waals surface area contributed by atoms with E-state index in [9.17, 15) is 23.1 Å². The van der Waals surface area contributed by atoms with Crippen LogP contribution in [0.2, 0.25) is 0 Å². The smallest absolute Gasteiger partial charge is 0.422 e. The van der Waals surface area contributed by atoms with Gasteiger partial charge in [-0.05, 0) is 52.2 Å². The maximum absolute atomic E-state index is 13.2. The molecular formula is C21H26F3N3O4. The molecule has 3 heterocycles. The maximum atomic E-state index is 13.2. The van der Waals surface area contributed by atoms with Crippen molar-refractivity contribution in [3.8, 4) is 5.88 Å². The van der Waals surface area contributed by atoms with Crippen LogP contribution in [0, 0.1) is 6.92 Å². The zero-order valence-corrected chi connectivity index (χ0v) is 17.7. The quantitative estimate of drug-likeness (QED) is 0.734. The Balaban J connectivity index is 1.81. The van der Waals surface area contributed by atoms with Crippen LogP contribution in [0.5, 0.6) is 5.88 Å². The normalized spacial score (nSPS) is 17.6. The van der Waals surface area contributed by atoms with Crippen LogP contribution in [0.1, 0.15) is 60.8 Å². The van der Waals surface area contributed by atoms with E-state index in [0.717, 1.165) is 12.8 Å². The number of carbonyl (C=O) groups excluding carboxylic acids is 1. The van der Waals surface area contributed by atoms with Crippen molar-refractivity contribution >= 4 is 5.91 Å². The van der Waals surface area contributed by atoms with Crippen molar-refractivity contribution < 1.29 is 32.2 Å². The summed E-state index contributed by atoms with van der Waals surface area (Å²) in [5.74, 6) is 0.122. The number of amides is 1. The molecule has 0 spiro atoms. The van der Waals surface area contributed by atoms with Gasteiger partial charge in [-0.15, -0.1) is 0 Å². The van der Waals surface area contributed by atoms with Gasteiger partial charge in [0.25, 0.3) is 5.91 Å². The first-order chi connectivity index (χ1) is 14.5. The molecule has 0 aliphatic carbocycles. The molecule has 3 rings (SSSR count). The van der Waals surface area contributed by atoms with Gasteiger partial charge in [0.1, 0.15) is 22.6 Å². The largest absolute Gasteiger partial charge is 0.467 e. The number of carbonyl (C=O) groups is 1. The molecule has 170 valence electrons. The fraction of sp³-hybridized carbons (Fsp3) is 0.571. The standard InChI is InChI=1S/C21H26F3N3O4/c1-13-17(20(2,3)29)26-16(31-13)11-14-7-4-5-10-27(14)19(28)15-8-6-9-25-18(15)30-12-21(22,23)24/h6,8-9,14,29H,4-5,7,10-12H2,1-3H3. The summed E-state index contributed by atoms with van der Waals surface area (Å²) in [4.78, 5) is 23.0. The third kappa shape index (κ3) is 5.75. The Labute approximate surface area is 178 Å². The summed E-state index contributed by atoms with van der Waals surface area (Å²) in [7, 11) is 0. The lowest BCUT2D eigenvalue weighted by atomic mass is 9.98. The van der Waals surface area contributed by atoms with E-state index < -0.39 is 24.3 Å². The van der Waals surface area contributed by atoms with E-state index >= 15 is 0 Å². The minimum atomic E-state index is -4.54. The molecule has 1 aliphatic heterocycles. The lowest BCUT2D eigenvalue weighted by Crippen LogP contribution is -2.45. The SMILES string of the molecule is Cc1oc(CC2CCCCN2C(=O)c2cccnc2OCC(F)(F)F)nc1C(C)(C)O. The number of pyridine rings is 1. The summed E-state index contributed by atoms with van der Waals surface area (Å²) in [5, 5.41) is 10.2. The first-order valence-electron chi connectivity index (χ1n) is 10.1. The highest BCUT2D eigenvalue weighted by atomic mass is 19.4. The van der Waals surface area contributed by atoms with E-state index in [4.69, 9.17) is 9.15 Å². The molecule has 0 radical (unpaired) electrons. The minimum absolute atomic E-state index is 0.0144. The van der Waals surface area contributed by atoms with Gasteiger partial charge < -0.3 is 19.2 Å². The number of rotatable bonds is 6. The van der Waals surface area contributed by atoms with Gasteiger partial charge in [-0.3, -0.25) is 4.79 Å². The number of alkyl halides is 3. The first kappa shape index (κ1) is 23.1. The molecule has 31 heavy (non-hydrogen) atoms. The van der Waals surface area contributed by atoms with Gasteiger partial charge in [0.05, 0.1) is 0 Å². The molecule has 1 amide bonds. The molecule has 7 nitrogen and oxygen atoms in total. The van der Waals surface area contributed by atoms with Crippen LogP contribution in [-0.2, 0) is 12.0 Å². The Kier molecular flexibility index (Phi) is 6.59. The van der Waals surface area contributed by atoms with Gasteiger partial charge in [0.15, 0.2) is 12.5 Å². The predicted molar refractivity (Wildman–Crippen MR) is 105 cm³/mol. The van der Waals surface area contributed by atoms with E-state index in [1.165, 1.54) is 18.3 Å². The van der Waals surface area contributed by atoms with Crippen LogP contribution < -0.4 is 4.74 Å². The second kappa shape index (κ2) is 8.86. The molecule has 0 saturated carbocycles. The number of hydrogen-bond acceptors (Lipinski definition) is 6. The molecule has 1 fully saturated rings. The van der Waals surface area contributed by atoms with E-state index in [1.54, 1.807) is 25.7 Å². The zero-order chi connectivity index (χ0) is 22.8. The summed E-state index contributed by atoms with van der Waals surface area (Å²) in [5.41, 5.74) is -0.736. The van der Waals surface area contributed by atoms with Crippen molar-refractivity contribution in [2.45, 2.75) is 64.3 Å². The highest BCUT2D eigenvalue weighted by Crippen LogP contribution is 2.28. The average molecular weight is 441 g/mol. The second-order valence-corrected chi connectivity index (χ2v) is 8.18. The summed E-state index contributed by atoms with van der Waals surface area (Å²) < 4.78 is 48.2. The van der Waals surface area contributed by atoms with Crippen LogP contribution in [0.25, 0.3) is 0 Å². The molecule has 1 N–H and O–H groups in total. The monoisotopic (exact) mass is 441 g/mol. The van der Waals surface area contributed by atoms with Gasteiger partial charge in [0, 0.05) is 25.2 Å². The number of aliphatic hydroxyl groups is 1. The Morgan fingerprint density at radius 3 is 2.74 bits per heavy atom. The predicted octanol–water partition coefficient (Wildman–Crippen LogP) is 3.78. The number of piperidine rings is 1. The third-order valence-corrected chi connectivity index (χ3v) is 5.09. The van der Waals surface area contributed by atoms with Crippen LogP contribution in [-0.4, -0.2) is 51.3 Å². The fourth-order valence-electron chi connectivity index (χ4n) is 3.76. The van der Waals surface area contributed by atoms with Gasteiger partial charge >= 0.3 is 6.18 Å². The van der Waals surface area contributed by atoms with Crippen molar-refractivity contribution in [1.29, 1.82) is 0 Å². The summed E-state index contributed by atoms with van der Waals surface area (Å²) in [6.07, 6.45) is -0.542. The second-order valence-electron chi connectivity index (χ2n) is 8.18. The van der Waals surface area contributed by atoms with Crippen molar-refractivity contribution in [2.75, 3.05) is 13.2 Å². The molecule has 1 unspecified atom stereocenters. The number of likely N-dealkylation sites (tertiary alicyclic amines) is 1. The minimum Gasteiger partial charge on any atom is -0.467 e. The van der Waals surface area contributed by atoms with Crippen LogP contribution >= 0.6 is 0 Å². The number of aryl methyl sites for hydroxylation is 1. The lowest BCUT2D eigenvalue weighted by molar-refractivity contribution is -0.154. The Bertz CT molecular complexity index is 921. The first-order valence-corrected chi connectivity index (χ1v) is 10.1. The topological polar surface area (TPSA) is 88.7 Å². The van der Waals surface area contributed by atoms with Crippen molar-refractivity contribution in [1.82, 2.24) is 14.9 Å². The molecule has 2 aromatic heterocycles. The maximum Gasteiger partial charge on any atom is 0.422 e. The van der Waals surface area contributed by atoms with E-state index in [1.807, 2.05) is 0 Å². The number of halogens is 3. The lowest BCUT2D eigenvalue weighted by Gasteiger charge is -2.35. The number of nitrogens with zero attached hydrogens (tertiary/aromatic N) is 3. The summed E-state index contributed by atoms with van der Waals surface area (Å²) >= 11 is 0. The molecule has 1 atom stereocenters.